The molecule has 95 heavy (non-hydrogen) atoms. The summed E-state index contributed by atoms with van der Waals surface area (Å²) in [5, 5.41) is 72.0. The Balaban J connectivity index is 0.000000201. The third kappa shape index (κ3) is 19.1. The van der Waals surface area contributed by atoms with Crippen molar-refractivity contribution in [2.75, 3.05) is 0 Å². The molecule has 0 aromatic carbocycles. The van der Waals surface area contributed by atoms with Crippen LogP contribution in [0.1, 0.15) is 270 Å². The highest BCUT2D eigenvalue weighted by molar-refractivity contribution is 5.42. The SMILES string of the molecule is C=C1/C(=C\C=C2/CCC[C@]3(C)C(C(C)C/C=C/C(O)(CC)CC)=CCC23)CC(O)C[C@@H]1F.C=C1CCC(O)C/C1=C/C=C1\CCC[C@]2(C)C(C(C)C/C=C/C(O)(CC)CC)=CCC12.CCC(O)(/C=C/CC(C)C1=CCC2/C(=C/C=C3/CC(O)C[C@H](O)C3C)CCC[C@]12C)CC. The first-order valence-corrected chi connectivity index (χ1v) is 38.2. The van der Waals surface area contributed by atoms with Crippen LogP contribution in [-0.2, 0) is 0 Å². The summed E-state index contributed by atoms with van der Waals surface area (Å²) < 4.78 is 14.1. The maximum atomic E-state index is 14.1. The second-order valence-electron chi connectivity index (χ2n) is 32.1. The van der Waals surface area contributed by atoms with Gasteiger partial charge in [-0.15, -0.1) is 0 Å². The summed E-state index contributed by atoms with van der Waals surface area (Å²) in [4.78, 5) is 0. The molecule has 6 saturated carbocycles. The van der Waals surface area contributed by atoms with Crippen molar-refractivity contribution < 1.29 is 40.1 Å². The average molecular weight is 1310 g/mol. The molecule has 0 bridgehead atoms. The van der Waals surface area contributed by atoms with Crippen LogP contribution in [-0.4, -0.2) is 83.1 Å². The molecule has 8 heteroatoms. The smallest absolute Gasteiger partial charge is 0.127 e. The maximum Gasteiger partial charge on any atom is 0.127 e. The fourth-order valence-corrected chi connectivity index (χ4v) is 18.7. The summed E-state index contributed by atoms with van der Waals surface area (Å²) in [5.41, 5.74) is 13.0. The molecule has 0 aliphatic heterocycles. The third-order valence-corrected chi connectivity index (χ3v) is 25.9. The highest BCUT2D eigenvalue weighted by atomic mass is 19.1. The van der Waals surface area contributed by atoms with Gasteiger partial charge in [-0.05, 0) is 235 Å². The zero-order valence-corrected chi connectivity index (χ0v) is 61.8. The molecule has 0 aromatic rings. The van der Waals surface area contributed by atoms with Crippen molar-refractivity contribution >= 4 is 0 Å². The molecule has 9 rings (SSSR count). The lowest BCUT2D eigenvalue weighted by Gasteiger charge is -2.42. The van der Waals surface area contributed by atoms with Gasteiger partial charge in [0.05, 0.1) is 41.2 Å². The number of alkyl halides is 1. The van der Waals surface area contributed by atoms with E-state index in [1.165, 1.54) is 72.8 Å². The molecule has 0 amide bonds. The largest absolute Gasteiger partial charge is 0.393 e. The number of rotatable bonds is 21. The van der Waals surface area contributed by atoms with Crippen LogP contribution in [0.5, 0.6) is 0 Å². The Morgan fingerprint density at radius 3 is 1.23 bits per heavy atom. The number of halogens is 1. The number of hydrogen-bond donors (Lipinski definition) is 7. The summed E-state index contributed by atoms with van der Waals surface area (Å²) in [5.74, 6) is 3.24. The Morgan fingerprint density at radius 1 is 0.495 bits per heavy atom. The maximum absolute atomic E-state index is 14.1. The van der Waals surface area contributed by atoms with Crippen molar-refractivity contribution in [3.63, 3.8) is 0 Å². The second-order valence-corrected chi connectivity index (χ2v) is 32.1. The molecule has 9 aliphatic rings. The van der Waals surface area contributed by atoms with E-state index in [0.717, 1.165) is 115 Å². The minimum absolute atomic E-state index is 0.124. The molecular weight excluding hydrogens is 1180 g/mol. The van der Waals surface area contributed by atoms with Gasteiger partial charge in [-0.25, -0.2) is 4.39 Å². The molecule has 0 radical (unpaired) electrons. The molecule has 9 aliphatic carbocycles. The van der Waals surface area contributed by atoms with Crippen LogP contribution in [0.4, 0.5) is 4.39 Å². The van der Waals surface area contributed by atoms with Crippen molar-refractivity contribution in [2.45, 2.75) is 317 Å². The van der Waals surface area contributed by atoms with Gasteiger partial charge in [0.2, 0.25) is 0 Å². The minimum atomic E-state index is -1.13. The monoisotopic (exact) mass is 1310 g/mol. The molecule has 0 heterocycles. The molecule has 0 saturated heterocycles. The van der Waals surface area contributed by atoms with Crippen LogP contribution in [0.2, 0.25) is 0 Å². The van der Waals surface area contributed by atoms with E-state index >= 15 is 0 Å². The molecule has 10 unspecified atom stereocenters. The highest BCUT2D eigenvalue weighted by Crippen LogP contribution is 2.60. The van der Waals surface area contributed by atoms with Crippen LogP contribution < -0.4 is 0 Å². The highest BCUT2D eigenvalue weighted by Gasteiger charge is 2.49. The lowest BCUT2D eigenvalue weighted by atomic mass is 9.62. The summed E-state index contributed by atoms with van der Waals surface area (Å²) >= 11 is 0. The standard InChI is InChI=1S/C29H43FO2.C29H46O3.C29H44O2/c1-6-29(32,7-2)17-8-10-20(3)25-14-15-26-22(11-9-16-28(25,26)5)12-13-23-18-24(31)19-27(30)21(23)4;1-6-29(32,7-2)17-8-10-20(3)25-14-15-26-22(11-9-16-28(25,26)5)12-13-23-18-24(30)19-27(31)21(23)4;1-6-29(31,7-2)19-8-10-22(4)26-16-17-27-23(11-9-18-28(26,27)5)13-14-24-20-25(30)15-12-21(24)3/h8,12-14,17,20,24,26-27,31-32H,4,6-7,9-11,15-16,18-19H2,1-3,5H3;8,12-14,17,20-21,24,26-27,30-32H,6-7,9-11,15-16,18-19H2,1-5H3;8,13-14,16,19,22,25,27,30-31H,3,6-7,9-12,15,17-18,20H2,1-2,4-5H3/b2*17-8+,22-12+,23-13-;19-8+,23-13+,24-14-/t20?,24?,26?,27-,28+;20?,21?,24?,26?,27-,28+;22?,25?,27?,28-/m001/s1. The summed E-state index contributed by atoms with van der Waals surface area (Å²) in [6.45, 7) is 36.9. The lowest BCUT2D eigenvalue weighted by molar-refractivity contribution is 0.0333. The van der Waals surface area contributed by atoms with Gasteiger partial charge in [-0.3, -0.25) is 0 Å². The summed E-state index contributed by atoms with van der Waals surface area (Å²) in [7, 11) is 0. The first-order chi connectivity index (χ1) is 45.0. The van der Waals surface area contributed by atoms with Gasteiger partial charge in [0.25, 0.3) is 0 Å². The number of aliphatic hydroxyl groups is 7. The topological polar surface area (TPSA) is 142 Å². The van der Waals surface area contributed by atoms with E-state index in [1.807, 2.05) is 52.0 Å². The summed E-state index contributed by atoms with van der Waals surface area (Å²) in [6, 6.07) is 0. The molecular formula is C87H133FO7. The Labute approximate surface area is 577 Å². The van der Waals surface area contributed by atoms with Gasteiger partial charge >= 0.3 is 0 Å². The van der Waals surface area contributed by atoms with Gasteiger partial charge in [-0.1, -0.05) is 239 Å². The van der Waals surface area contributed by atoms with E-state index in [4.69, 9.17) is 0 Å². The first-order valence-electron chi connectivity index (χ1n) is 38.2. The molecule has 7 nitrogen and oxygen atoms in total. The Kier molecular flexibility index (Phi) is 28.4. The molecule has 15 atom stereocenters. The van der Waals surface area contributed by atoms with E-state index in [-0.39, 0.29) is 34.7 Å². The van der Waals surface area contributed by atoms with E-state index < -0.39 is 41.3 Å². The normalized spacial score (nSPS) is 35.1. The van der Waals surface area contributed by atoms with E-state index in [0.29, 0.717) is 60.3 Å². The van der Waals surface area contributed by atoms with Crippen LogP contribution in [0.25, 0.3) is 0 Å². The fourth-order valence-electron chi connectivity index (χ4n) is 18.7. The Hall–Kier alpha value is -3.99. The van der Waals surface area contributed by atoms with Crippen molar-refractivity contribution in [2.24, 2.45) is 57.7 Å². The van der Waals surface area contributed by atoms with Crippen LogP contribution in [0, 0.1) is 57.7 Å². The molecule has 530 valence electrons. The van der Waals surface area contributed by atoms with E-state index in [1.54, 1.807) is 22.3 Å². The van der Waals surface area contributed by atoms with Gasteiger partial charge < -0.3 is 35.7 Å². The quantitative estimate of drug-likeness (QED) is 0.0568. The third-order valence-electron chi connectivity index (χ3n) is 25.9. The van der Waals surface area contributed by atoms with Crippen LogP contribution >= 0.6 is 0 Å². The lowest BCUT2D eigenvalue weighted by Crippen LogP contribution is -2.33. The zero-order chi connectivity index (χ0) is 69.7. The van der Waals surface area contributed by atoms with E-state index in [2.05, 4.69) is 142 Å². The van der Waals surface area contributed by atoms with Crippen LogP contribution in [0.15, 0.2) is 166 Å². The molecule has 6 fully saturated rings. The van der Waals surface area contributed by atoms with Crippen molar-refractivity contribution in [3.8, 4) is 0 Å². The number of allylic oxidation sites excluding steroid dienone is 20. The predicted octanol–water partition coefficient (Wildman–Crippen LogP) is 20.6. The number of aliphatic hydroxyl groups excluding tert-OH is 4. The van der Waals surface area contributed by atoms with Gasteiger partial charge in [-0.2, -0.15) is 0 Å². The Morgan fingerprint density at radius 2 is 0.842 bits per heavy atom. The van der Waals surface area contributed by atoms with Crippen molar-refractivity contribution in [3.05, 3.63) is 166 Å². The molecule has 0 spiro atoms. The molecule has 7 N–H and O–H groups in total. The fraction of sp³-hybridized carbons (Fsp3) is 0.678. The molecule has 0 aromatic heterocycles. The number of fused-ring (bicyclic) bond motifs is 3. The predicted molar refractivity (Wildman–Crippen MR) is 397 cm³/mol. The second kappa shape index (κ2) is 34.4. The Bertz CT molecular complexity index is 2990. The first kappa shape index (κ1) is 78.3. The minimum Gasteiger partial charge on any atom is -0.393 e. The average Bonchev–Trinajstić information content (AvgIpc) is 1.65. The van der Waals surface area contributed by atoms with Gasteiger partial charge in [0.15, 0.2) is 0 Å². The van der Waals surface area contributed by atoms with E-state index in [9.17, 15) is 40.1 Å². The number of hydrogen-bond acceptors (Lipinski definition) is 7. The van der Waals surface area contributed by atoms with Crippen molar-refractivity contribution in [1.82, 2.24) is 0 Å². The zero-order valence-electron chi connectivity index (χ0n) is 61.8. The van der Waals surface area contributed by atoms with Gasteiger partial charge in [0, 0.05) is 18.8 Å². The van der Waals surface area contributed by atoms with Crippen molar-refractivity contribution in [1.29, 1.82) is 0 Å². The summed E-state index contributed by atoms with van der Waals surface area (Å²) in [6.07, 6.45) is 56.6. The van der Waals surface area contributed by atoms with Gasteiger partial charge in [0.1, 0.15) is 6.17 Å². The van der Waals surface area contributed by atoms with Crippen LogP contribution in [0.3, 0.4) is 0 Å².